The van der Waals surface area contributed by atoms with Crippen LogP contribution in [0.1, 0.15) is 11.7 Å². The summed E-state index contributed by atoms with van der Waals surface area (Å²) in [6.45, 7) is 0. The van der Waals surface area contributed by atoms with Gasteiger partial charge >= 0.3 is 6.18 Å². The van der Waals surface area contributed by atoms with Crippen LogP contribution in [0.5, 0.6) is 0 Å². The van der Waals surface area contributed by atoms with E-state index >= 15 is 0 Å². The largest absolute Gasteiger partial charge is 0.418 e. The highest BCUT2D eigenvalue weighted by Gasteiger charge is 2.42. The summed E-state index contributed by atoms with van der Waals surface area (Å²) in [5.41, 5.74) is 0.179. The lowest BCUT2D eigenvalue weighted by molar-refractivity contribution is -0.215. The number of rotatable bonds is 2. The predicted molar refractivity (Wildman–Crippen MR) is 77.3 cm³/mol. The zero-order chi connectivity index (χ0) is 15.0. The van der Waals surface area contributed by atoms with Gasteiger partial charge in [-0.3, -0.25) is 0 Å². The molecule has 1 atom stereocenters. The van der Waals surface area contributed by atoms with Crippen molar-refractivity contribution >= 4 is 21.5 Å². The molecule has 3 aromatic rings. The van der Waals surface area contributed by atoms with Crippen LogP contribution in [0.15, 0.2) is 54.6 Å². The van der Waals surface area contributed by atoms with Gasteiger partial charge in [0.25, 0.3) is 0 Å². The van der Waals surface area contributed by atoms with E-state index in [9.17, 15) is 13.2 Å². The lowest BCUT2D eigenvalue weighted by Gasteiger charge is -2.22. The van der Waals surface area contributed by atoms with Gasteiger partial charge in [-0.1, -0.05) is 48.5 Å². The van der Waals surface area contributed by atoms with Crippen LogP contribution in [0, 0.1) is 0 Å². The second kappa shape index (κ2) is 5.04. The highest BCUT2D eigenvalue weighted by molar-refractivity contribution is 6.02. The van der Waals surface area contributed by atoms with E-state index in [1.165, 1.54) is 0 Å². The molecule has 0 aromatic heterocycles. The van der Waals surface area contributed by atoms with Gasteiger partial charge in [-0.15, -0.1) is 0 Å². The zero-order valence-electron chi connectivity index (χ0n) is 11.3. The van der Waals surface area contributed by atoms with E-state index in [0.717, 1.165) is 17.9 Å². The second-order valence-electron chi connectivity index (χ2n) is 4.89. The Morgan fingerprint density at radius 1 is 0.857 bits per heavy atom. The first kappa shape index (κ1) is 13.9. The number of benzene rings is 3. The minimum Gasteiger partial charge on any atom is -0.367 e. The molecule has 0 aliphatic rings. The Hall–Kier alpha value is -2.07. The first-order chi connectivity index (χ1) is 10.0. The summed E-state index contributed by atoms with van der Waals surface area (Å²) in [6, 6.07) is 16.0. The smallest absolute Gasteiger partial charge is 0.367 e. The lowest BCUT2D eigenvalue weighted by atomic mass is 9.93. The number of alkyl halides is 3. The number of ether oxygens (including phenoxy) is 1. The Morgan fingerprint density at radius 2 is 1.33 bits per heavy atom. The van der Waals surface area contributed by atoms with Gasteiger partial charge in [-0.2, -0.15) is 13.2 Å². The third-order valence-electron chi connectivity index (χ3n) is 3.61. The molecule has 0 aliphatic carbocycles. The monoisotopic (exact) mass is 290 g/mol. The van der Waals surface area contributed by atoms with Gasteiger partial charge in [0.2, 0.25) is 0 Å². The van der Waals surface area contributed by atoms with E-state index in [0.29, 0.717) is 10.8 Å². The van der Waals surface area contributed by atoms with Gasteiger partial charge in [0.15, 0.2) is 6.10 Å². The van der Waals surface area contributed by atoms with Crippen molar-refractivity contribution in [1.82, 2.24) is 0 Å². The Kier molecular flexibility index (Phi) is 3.33. The standard InChI is InChI=1S/C17H13F3O/c1-21-16(17(18,19)20)15-13-8-4-2-6-11(13)10-12-7-3-5-9-14(12)15/h2-10,16H,1H3/t16-/m1/s1. The van der Waals surface area contributed by atoms with E-state index in [2.05, 4.69) is 0 Å². The predicted octanol–water partition coefficient (Wildman–Crippen LogP) is 5.24. The minimum absolute atomic E-state index is 0.179. The van der Waals surface area contributed by atoms with Crippen molar-refractivity contribution in [3.63, 3.8) is 0 Å². The third kappa shape index (κ3) is 2.36. The highest BCUT2D eigenvalue weighted by Crippen LogP contribution is 2.42. The topological polar surface area (TPSA) is 9.23 Å². The van der Waals surface area contributed by atoms with Gasteiger partial charge in [0.05, 0.1) is 0 Å². The van der Waals surface area contributed by atoms with E-state index in [4.69, 9.17) is 4.74 Å². The normalized spacial score (nSPS) is 13.7. The van der Waals surface area contributed by atoms with Crippen LogP contribution in [0.3, 0.4) is 0 Å². The molecule has 0 N–H and O–H groups in total. The molecular formula is C17H13F3O. The van der Waals surface area contributed by atoms with Crippen molar-refractivity contribution in [3.8, 4) is 0 Å². The van der Waals surface area contributed by atoms with E-state index in [-0.39, 0.29) is 5.56 Å². The van der Waals surface area contributed by atoms with Crippen LogP contribution < -0.4 is 0 Å². The molecule has 0 amide bonds. The molecule has 21 heavy (non-hydrogen) atoms. The molecule has 0 saturated heterocycles. The molecule has 0 radical (unpaired) electrons. The summed E-state index contributed by atoms with van der Waals surface area (Å²) in [5.74, 6) is 0. The summed E-state index contributed by atoms with van der Waals surface area (Å²) in [6.07, 6.45) is -6.39. The first-order valence-electron chi connectivity index (χ1n) is 6.52. The molecule has 0 fully saturated rings. The molecule has 4 heteroatoms. The molecule has 3 rings (SSSR count). The Labute approximate surface area is 119 Å². The molecule has 0 spiro atoms. The zero-order valence-corrected chi connectivity index (χ0v) is 11.3. The molecule has 0 unspecified atom stereocenters. The summed E-state index contributed by atoms with van der Waals surface area (Å²) < 4.78 is 44.8. The highest BCUT2D eigenvalue weighted by atomic mass is 19.4. The minimum atomic E-state index is -4.46. The molecule has 0 bridgehead atoms. The van der Waals surface area contributed by atoms with Crippen LogP contribution in [0.2, 0.25) is 0 Å². The summed E-state index contributed by atoms with van der Waals surface area (Å²) in [7, 11) is 1.09. The number of hydrogen-bond donors (Lipinski definition) is 0. The fourth-order valence-corrected chi connectivity index (χ4v) is 2.75. The Bertz CT molecular complexity index is 739. The number of fused-ring (bicyclic) bond motifs is 2. The van der Waals surface area contributed by atoms with Gasteiger partial charge in [0.1, 0.15) is 0 Å². The van der Waals surface area contributed by atoms with Gasteiger partial charge in [-0.25, -0.2) is 0 Å². The SMILES string of the molecule is CO[C@H](c1c2ccccc2cc2ccccc12)C(F)(F)F. The third-order valence-corrected chi connectivity index (χ3v) is 3.61. The quantitative estimate of drug-likeness (QED) is 0.586. The van der Waals surface area contributed by atoms with Gasteiger partial charge < -0.3 is 4.74 Å². The molecular weight excluding hydrogens is 277 g/mol. The number of hydrogen-bond acceptors (Lipinski definition) is 1. The van der Waals surface area contributed by atoms with Crippen molar-refractivity contribution < 1.29 is 17.9 Å². The maximum absolute atomic E-state index is 13.3. The van der Waals surface area contributed by atoms with Gasteiger partial charge in [0, 0.05) is 12.7 Å². The van der Waals surface area contributed by atoms with Crippen molar-refractivity contribution in [2.75, 3.05) is 7.11 Å². The summed E-state index contributed by atoms with van der Waals surface area (Å²) in [5, 5.41) is 2.69. The maximum atomic E-state index is 13.3. The van der Waals surface area contributed by atoms with Crippen molar-refractivity contribution in [1.29, 1.82) is 0 Å². The first-order valence-corrected chi connectivity index (χ1v) is 6.52. The molecule has 0 heterocycles. The Balaban J connectivity index is 2.45. The van der Waals surface area contributed by atoms with E-state index in [1.54, 1.807) is 24.3 Å². The fourth-order valence-electron chi connectivity index (χ4n) is 2.75. The van der Waals surface area contributed by atoms with Crippen LogP contribution >= 0.6 is 0 Å². The van der Waals surface area contributed by atoms with Crippen molar-refractivity contribution in [3.05, 3.63) is 60.2 Å². The second-order valence-corrected chi connectivity index (χ2v) is 4.89. The van der Waals surface area contributed by atoms with E-state index in [1.807, 2.05) is 30.3 Å². The Morgan fingerprint density at radius 3 is 1.76 bits per heavy atom. The number of methoxy groups -OCH3 is 1. The average molecular weight is 290 g/mol. The molecule has 0 saturated carbocycles. The van der Waals surface area contributed by atoms with Crippen LogP contribution in [0.4, 0.5) is 13.2 Å². The molecule has 1 nitrogen and oxygen atoms in total. The van der Waals surface area contributed by atoms with Gasteiger partial charge in [-0.05, 0) is 27.6 Å². The van der Waals surface area contributed by atoms with Crippen LogP contribution in [-0.2, 0) is 4.74 Å². The van der Waals surface area contributed by atoms with Crippen molar-refractivity contribution in [2.45, 2.75) is 12.3 Å². The summed E-state index contributed by atoms with van der Waals surface area (Å²) in [4.78, 5) is 0. The number of halogens is 3. The summed E-state index contributed by atoms with van der Waals surface area (Å²) >= 11 is 0. The molecule has 3 aromatic carbocycles. The fraction of sp³-hybridized carbons (Fsp3) is 0.176. The van der Waals surface area contributed by atoms with Crippen LogP contribution in [0.25, 0.3) is 21.5 Å². The average Bonchev–Trinajstić information content (AvgIpc) is 2.46. The molecule has 0 aliphatic heterocycles. The van der Waals surface area contributed by atoms with E-state index < -0.39 is 12.3 Å². The maximum Gasteiger partial charge on any atom is 0.418 e. The molecule has 108 valence electrons. The van der Waals surface area contributed by atoms with Crippen molar-refractivity contribution in [2.24, 2.45) is 0 Å². The van der Waals surface area contributed by atoms with Crippen LogP contribution in [-0.4, -0.2) is 13.3 Å². The lowest BCUT2D eigenvalue weighted by Crippen LogP contribution is -2.23.